The van der Waals surface area contributed by atoms with E-state index in [0.29, 0.717) is 23.8 Å². The van der Waals surface area contributed by atoms with Crippen molar-refractivity contribution in [3.8, 4) is 17.2 Å². The number of benzene rings is 1. The molecule has 8 heteroatoms. The highest BCUT2D eigenvalue weighted by Gasteiger charge is 2.20. The topological polar surface area (TPSA) is 95.1 Å². The van der Waals surface area contributed by atoms with Gasteiger partial charge in [-0.3, -0.25) is 4.79 Å². The molecule has 2 amide bonds. The molecule has 0 aliphatic heterocycles. The Kier molecular flexibility index (Phi) is 8.83. The molecule has 1 rings (SSSR count). The highest BCUT2D eigenvalue weighted by molar-refractivity contribution is 5.73. The molecule has 0 saturated heterocycles. The van der Waals surface area contributed by atoms with Crippen LogP contribution in [0.3, 0.4) is 0 Å². The van der Waals surface area contributed by atoms with Crippen molar-refractivity contribution in [2.24, 2.45) is 0 Å². The number of hydrogen-bond donors (Lipinski definition) is 2. The van der Waals surface area contributed by atoms with Crippen LogP contribution >= 0.6 is 0 Å². The number of alkyl carbamates (subject to hydrolysis) is 1. The average Bonchev–Trinajstić information content (AvgIpc) is 2.64. The normalized spacial score (nSPS) is 11.1. The highest BCUT2D eigenvalue weighted by atomic mass is 16.5. The summed E-state index contributed by atoms with van der Waals surface area (Å²) in [4.78, 5) is 23.0. The van der Waals surface area contributed by atoms with Crippen molar-refractivity contribution < 1.29 is 28.5 Å². The van der Waals surface area contributed by atoms with Gasteiger partial charge in [0.15, 0.2) is 11.5 Å². The standard InChI is InChI=1S/C18H26N2O6/c1-6-7-26-18(22)20-11-14(10-19-12(2)21)13-8-15(23-3)17(25-5)16(9-13)24-4/h6,8-9,14H,1,7,10-11H2,2-5H3,(H,19,21)(H,20,22). The van der Waals surface area contributed by atoms with E-state index in [1.807, 2.05) is 0 Å². The minimum Gasteiger partial charge on any atom is -0.493 e. The smallest absolute Gasteiger partial charge is 0.407 e. The number of nitrogens with one attached hydrogen (secondary N) is 2. The van der Waals surface area contributed by atoms with Crippen LogP contribution in [0, 0.1) is 0 Å². The van der Waals surface area contributed by atoms with Crippen molar-refractivity contribution in [1.82, 2.24) is 10.6 Å². The largest absolute Gasteiger partial charge is 0.493 e. The number of carbonyl (C=O) groups is 2. The molecule has 0 aliphatic rings. The second-order valence-corrected chi connectivity index (χ2v) is 5.36. The second-order valence-electron chi connectivity index (χ2n) is 5.36. The molecule has 0 heterocycles. The summed E-state index contributed by atoms with van der Waals surface area (Å²) in [6.07, 6.45) is 0.915. The number of rotatable bonds is 10. The van der Waals surface area contributed by atoms with Gasteiger partial charge < -0.3 is 29.6 Å². The summed E-state index contributed by atoms with van der Waals surface area (Å²) in [6.45, 7) is 5.59. The van der Waals surface area contributed by atoms with Crippen LogP contribution < -0.4 is 24.8 Å². The van der Waals surface area contributed by atoms with Gasteiger partial charge in [0.2, 0.25) is 11.7 Å². The maximum atomic E-state index is 11.7. The zero-order valence-corrected chi connectivity index (χ0v) is 15.6. The summed E-state index contributed by atoms with van der Waals surface area (Å²) in [5, 5.41) is 5.42. The van der Waals surface area contributed by atoms with Crippen molar-refractivity contribution in [2.75, 3.05) is 41.0 Å². The molecule has 0 bridgehead atoms. The molecule has 1 aromatic rings. The molecule has 0 aromatic heterocycles. The molecule has 1 atom stereocenters. The van der Waals surface area contributed by atoms with Gasteiger partial charge in [-0.15, -0.1) is 0 Å². The molecule has 1 aromatic carbocycles. The van der Waals surface area contributed by atoms with Crippen LogP contribution in [-0.4, -0.2) is 53.0 Å². The first-order chi connectivity index (χ1) is 12.5. The molecule has 26 heavy (non-hydrogen) atoms. The van der Waals surface area contributed by atoms with E-state index in [1.54, 1.807) is 12.1 Å². The Hall–Kier alpha value is -2.90. The van der Waals surface area contributed by atoms with Gasteiger partial charge in [-0.25, -0.2) is 4.79 Å². The monoisotopic (exact) mass is 366 g/mol. The molecular formula is C18H26N2O6. The maximum Gasteiger partial charge on any atom is 0.407 e. The van der Waals surface area contributed by atoms with Crippen molar-refractivity contribution >= 4 is 12.0 Å². The Balaban J connectivity index is 3.06. The second kappa shape index (κ2) is 10.9. The molecule has 144 valence electrons. The molecular weight excluding hydrogens is 340 g/mol. The average molecular weight is 366 g/mol. The summed E-state index contributed by atoms with van der Waals surface area (Å²) >= 11 is 0. The summed E-state index contributed by atoms with van der Waals surface area (Å²) < 4.78 is 20.9. The Morgan fingerprint density at radius 2 is 1.65 bits per heavy atom. The van der Waals surface area contributed by atoms with Gasteiger partial charge in [-0.1, -0.05) is 12.7 Å². The van der Waals surface area contributed by atoms with Crippen LogP contribution in [0.25, 0.3) is 0 Å². The van der Waals surface area contributed by atoms with Gasteiger partial charge >= 0.3 is 6.09 Å². The van der Waals surface area contributed by atoms with E-state index in [9.17, 15) is 9.59 Å². The lowest BCUT2D eigenvalue weighted by molar-refractivity contribution is -0.119. The predicted octanol–water partition coefficient (Wildman–Crippen LogP) is 1.84. The van der Waals surface area contributed by atoms with Gasteiger partial charge in [-0.2, -0.15) is 0 Å². The van der Waals surface area contributed by atoms with Crippen molar-refractivity contribution in [1.29, 1.82) is 0 Å². The third kappa shape index (κ3) is 6.19. The highest BCUT2D eigenvalue weighted by Crippen LogP contribution is 2.39. The summed E-state index contributed by atoms with van der Waals surface area (Å²) in [5.41, 5.74) is 0.803. The van der Waals surface area contributed by atoms with Gasteiger partial charge in [0, 0.05) is 25.9 Å². The minimum atomic E-state index is -0.565. The fourth-order valence-electron chi connectivity index (χ4n) is 2.30. The lowest BCUT2D eigenvalue weighted by atomic mass is 9.97. The number of amides is 2. The zero-order valence-electron chi connectivity index (χ0n) is 15.6. The first-order valence-electron chi connectivity index (χ1n) is 8.02. The van der Waals surface area contributed by atoms with Crippen molar-refractivity contribution in [2.45, 2.75) is 12.8 Å². The van der Waals surface area contributed by atoms with E-state index < -0.39 is 6.09 Å². The lowest BCUT2D eigenvalue weighted by Crippen LogP contribution is -2.35. The third-order valence-corrected chi connectivity index (χ3v) is 3.58. The van der Waals surface area contributed by atoms with Crippen molar-refractivity contribution in [3.05, 3.63) is 30.4 Å². The number of methoxy groups -OCH3 is 3. The SMILES string of the molecule is C=CCOC(=O)NCC(CNC(C)=O)c1cc(OC)c(OC)c(OC)c1. The molecule has 0 aliphatic carbocycles. The van der Waals surface area contributed by atoms with E-state index in [2.05, 4.69) is 17.2 Å². The number of hydrogen-bond acceptors (Lipinski definition) is 6. The summed E-state index contributed by atoms with van der Waals surface area (Å²) in [5.74, 6) is 1.05. The van der Waals surface area contributed by atoms with Gasteiger partial charge in [0.1, 0.15) is 6.61 Å². The van der Waals surface area contributed by atoms with Crippen LogP contribution in [0.4, 0.5) is 4.79 Å². The van der Waals surface area contributed by atoms with E-state index >= 15 is 0 Å². The minimum absolute atomic E-state index is 0.117. The first-order valence-corrected chi connectivity index (χ1v) is 8.02. The fraction of sp³-hybridized carbons (Fsp3) is 0.444. The van der Waals surface area contributed by atoms with Gasteiger partial charge in [-0.05, 0) is 17.7 Å². The zero-order chi connectivity index (χ0) is 19.5. The van der Waals surface area contributed by atoms with E-state index in [4.69, 9.17) is 18.9 Å². The number of carbonyl (C=O) groups excluding carboxylic acids is 2. The molecule has 0 fully saturated rings. The van der Waals surface area contributed by atoms with E-state index in [1.165, 1.54) is 34.3 Å². The molecule has 2 N–H and O–H groups in total. The van der Waals surface area contributed by atoms with Gasteiger partial charge in [0.05, 0.1) is 21.3 Å². The van der Waals surface area contributed by atoms with Crippen LogP contribution in [-0.2, 0) is 9.53 Å². The summed E-state index contributed by atoms with van der Waals surface area (Å²) in [7, 11) is 4.57. The first kappa shape index (κ1) is 21.1. The van der Waals surface area contributed by atoms with Crippen LogP contribution in [0.5, 0.6) is 17.2 Å². The molecule has 1 unspecified atom stereocenters. The van der Waals surface area contributed by atoms with Crippen molar-refractivity contribution in [3.63, 3.8) is 0 Å². The molecule has 8 nitrogen and oxygen atoms in total. The molecule has 0 radical (unpaired) electrons. The Morgan fingerprint density at radius 1 is 1.08 bits per heavy atom. The van der Waals surface area contributed by atoms with Gasteiger partial charge in [0.25, 0.3) is 0 Å². The quantitative estimate of drug-likeness (QED) is 0.614. The molecule has 0 saturated carbocycles. The lowest BCUT2D eigenvalue weighted by Gasteiger charge is -2.21. The molecule has 0 spiro atoms. The van der Waals surface area contributed by atoms with E-state index in [0.717, 1.165) is 5.56 Å². The summed E-state index contributed by atoms with van der Waals surface area (Å²) in [6, 6.07) is 3.56. The Morgan fingerprint density at radius 3 is 2.12 bits per heavy atom. The fourth-order valence-corrected chi connectivity index (χ4v) is 2.30. The van der Waals surface area contributed by atoms with E-state index in [-0.39, 0.29) is 25.0 Å². The third-order valence-electron chi connectivity index (χ3n) is 3.58. The predicted molar refractivity (Wildman–Crippen MR) is 97.1 cm³/mol. The van der Waals surface area contributed by atoms with Crippen LogP contribution in [0.1, 0.15) is 18.4 Å². The van der Waals surface area contributed by atoms with Crippen LogP contribution in [0.15, 0.2) is 24.8 Å². The number of ether oxygens (including phenoxy) is 4. The Labute approximate surface area is 153 Å². The Bertz CT molecular complexity index is 607. The maximum absolute atomic E-state index is 11.7. The van der Waals surface area contributed by atoms with Crippen LogP contribution in [0.2, 0.25) is 0 Å².